The fourth-order valence-corrected chi connectivity index (χ4v) is 3.76. The predicted octanol–water partition coefficient (Wildman–Crippen LogP) is 1.93. The largest absolute Gasteiger partial charge is 0.480 e. The highest BCUT2D eigenvalue weighted by Gasteiger charge is 2.29. The van der Waals surface area contributed by atoms with Gasteiger partial charge in [0, 0.05) is 16.0 Å². The van der Waals surface area contributed by atoms with Gasteiger partial charge in [0.05, 0.1) is 0 Å². The van der Waals surface area contributed by atoms with Gasteiger partial charge >= 0.3 is 5.97 Å². The van der Waals surface area contributed by atoms with Crippen LogP contribution in [0, 0.1) is 0 Å². The van der Waals surface area contributed by atoms with Crippen molar-refractivity contribution >= 4 is 16.8 Å². The highest BCUT2D eigenvalue weighted by Crippen LogP contribution is 2.24. The van der Waals surface area contributed by atoms with Crippen LogP contribution in [-0.2, 0) is 15.6 Å². The Morgan fingerprint density at radius 2 is 2.00 bits per heavy atom. The number of rotatable bonds is 4. The molecule has 0 aromatic carbocycles. The van der Waals surface area contributed by atoms with E-state index >= 15 is 0 Å². The molecule has 3 nitrogen and oxygen atoms in total. The number of aliphatic carboxylic acids is 1. The van der Waals surface area contributed by atoms with Crippen molar-refractivity contribution in [3.8, 4) is 0 Å². The summed E-state index contributed by atoms with van der Waals surface area (Å²) in [6.45, 7) is 1.79. The molecule has 1 N–H and O–H groups in total. The monoisotopic (exact) mass is 218 g/mol. The zero-order valence-corrected chi connectivity index (χ0v) is 9.39. The lowest BCUT2D eigenvalue weighted by Crippen LogP contribution is -2.33. The van der Waals surface area contributed by atoms with Crippen LogP contribution < -0.4 is 0 Å². The maximum atomic E-state index is 11.9. The molecule has 14 heavy (non-hydrogen) atoms. The lowest BCUT2D eigenvalue weighted by molar-refractivity contribution is -0.136. The van der Waals surface area contributed by atoms with E-state index in [2.05, 4.69) is 0 Å². The van der Waals surface area contributed by atoms with Crippen molar-refractivity contribution in [3.05, 3.63) is 0 Å². The van der Waals surface area contributed by atoms with E-state index in [1.54, 1.807) is 6.92 Å². The van der Waals surface area contributed by atoms with Crippen LogP contribution in [0.5, 0.6) is 0 Å². The fourth-order valence-electron chi connectivity index (χ4n) is 1.97. The fraction of sp³-hybridized carbons (Fsp3) is 0.900. The molecule has 0 aromatic rings. The second-order valence-corrected chi connectivity index (χ2v) is 5.72. The molecule has 0 bridgehead atoms. The van der Waals surface area contributed by atoms with Crippen LogP contribution in [-0.4, -0.2) is 25.8 Å². The van der Waals surface area contributed by atoms with Gasteiger partial charge in [-0.2, -0.15) is 0 Å². The first-order valence-electron chi connectivity index (χ1n) is 5.29. The highest BCUT2D eigenvalue weighted by molar-refractivity contribution is 7.87. The smallest absolute Gasteiger partial charge is 0.319 e. The number of carbonyl (C=O) groups is 1. The van der Waals surface area contributed by atoms with Gasteiger partial charge in [-0.15, -0.1) is 0 Å². The first-order valence-corrected chi connectivity index (χ1v) is 6.56. The Morgan fingerprint density at radius 3 is 2.43 bits per heavy atom. The summed E-state index contributed by atoms with van der Waals surface area (Å²) in [4.78, 5) is 10.8. The normalized spacial score (nSPS) is 22.9. The SMILES string of the molecule is CCC(C(=O)O)S(=O)C1CCCCC1. The average molecular weight is 218 g/mol. The van der Waals surface area contributed by atoms with Crippen LogP contribution in [0.15, 0.2) is 0 Å². The summed E-state index contributed by atoms with van der Waals surface area (Å²) in [6.07, 6.45) is 5.77. The van der Waals surface area contributed by atoms with Gasteiger partial charge in [-0.05, 0) is 19.3 Å². The minimum absolute atomic E-state index is 0.129. The van der Waals surface area contributed by atoms with Crippen molar-refractivity contribution in [1.29, 1.82) is 0 Å². The first-order chi connectivity index (χ1) is 6.66. The zero-order valence-electron chi connectivity index (χ0n) is 8.57. The van der Waals surface area contributed by atoms with Crippen LogP contribution in [0.2, 0.25) is 0 Å². The van der Waals surface area contributed by atoms with E-state index in [-0.39, 0.29) is 5.25 Å². The Hall–Kier alpha value is -0.380. The minimum atomic E-state index is -1.17. The Bertz CT molecular complexity index is 221. The van der Waals surface area contributed by atoms with E-state index in [9.17, 15) is 9.00 Å². The lowest BCUT2D eigenvalue weighted by Gasteiger charge is -2.23. The van der Waals surface area contributed by atoms with Crippen LogP contribution in [0.3, 0.4) is 0 Å². The van der Waals surface area contributed by atoms with Gasteiger partial charge in [-0.1, -0.05) is 26.2 Å². The molecule has 0 heterocycles. The summed E-state index contributed by atoms with van der Waals surface area (Å²) >= 11 is 0. The lowest BCUT2D eigenvalue weighted by atomic mass is 10.0. The van der Waals surface area contributed by atoms with E-state index < -0.39 is 22.0 Å². The summed E-state index contributed by atoms with van der Waals surface area (Å²) in [5.74, 6) is -0.906. The zero-order chi connectivity index (χ0) is 10.6. The van der Waals surface area contributed by atoms with E-state index in [1.807, 2.05) is 0 Å². The molecule has 1 aliphatic rings. The molecule has 2 atom stereocenters. The summed E-state index contributed by atoms with van der Waals surface area (Å²) in [6, 6.07) is 0. The third-order valence-electron chi connectivity index (χ3n) is 2.81. The van der Waals surface area contributed by atoms with Crippen molar-refractivity contribution in [1.82, 2.24) is 0 Å². The highest BCUT2D eigenvalue weighted by atomic mass is 32.2. The van der Waals surface area contributed by atoms with Gasteiger partial charge in [-0.3, -0.25) is 9.00 Å². The number of hydrogen-bond acceptors (Lipinski definition) is 2. The van der Waals surface area contributed by atoms with Gasteiger partial charge < -0.3 is 5.11 Å². The van der Waals surface area contributed by atoms with Crippen LogP contribution in [0.25, 0.3) is 0 Å². The minimum Gasteiger partial charge on any atom is -0.480 e. The second-order valence-electron chi connectivity index (χ2n) is 3.82. The number of hydrogen-bond donors (Lipinski definition) is 1. The van der Waals surface area contributed by atoms with E-state index in [4.69, 9.17) is 5.11 Å². The maximum absolute atomic E-state index is 11.9. The molecular formula is C10H18O3S. The second kappa shape index (κ2) is 5.49. The molecular weight excluding hydrogens is 200 g/mol. The van der Waals surface area contributed by atoms with Crippen molar-refractivity contribution in [2.45, 2.75) is 55.9 Å². The maximum Gasteiger partial charge on any atom is 0.319 e. The Kier molecular flexibility index (Phi) is 4.58. The molecule has 1 saturated carbocycles. The van der Waals surface area contributed by atoms with Gasteiger partial charge in [0.15, 0.2) is 0 Å². The van der Waals surface area contributed by atoms with E-state index in [0.29, 0.717) is 6.42 Å². The molecule has 0 saturated heterocycles. The molecule has 2 unspecified atom stereocenters. The average Bonchev–Trinajstić information content (AvgIpc) is 2.19. The van der Waals surface area contributed by atoms with Crippen molar-refractivity contribution < 1.29 is 14.1 Å². The van der Waals surface area contributed by atoms with Crippen LogP contribution in [0.4, 0.5) is 0 Å². The molecule has 4 heteroatoms. The van der Waals surface area contributed by atoms with Gasteiger partial charge in [0.25, 0.3) is 0 Å². The van der Waals surface area contributed by atoms with Crippen molar-refractivity contribution in [2.75, 3.05) is 0 Å². The summed E-state index contributed by atoms with van der Waals surface area (Å²) < 4.78 is 11.9. The standard InChI is InChI=1S/C10H18O3S/c1-2-9(10(11)12)14(13)8-6-4-3-5-7-8/h8-9H,2-7H2,1H3,(H,11,12). The number of carboxylic acid groups (broad SMARTS) is 1. The topological polar surface area (TPSA) is 54.4 Å². The molecule has 0 spiro atoms. The molecule has 1 rings (SSSR count). The molecule has 1 fully saturated rings. The van der Waals surface area contributed by atoms with Gasteiger partial charge in [0.2, 0.25) is 0 Å². The van der Waals surface area contributed by atoms with E-state index in [0.717, 1.165) is 25.7 Å². The van der Waals surface area contributed by atoms with Crippen LogP contribution in [0.1, 0.15) is 45.4 Å². The third kappa shape index (κ3) is 2.80. The molecule has 0 aromatic heterocycles. The van der Waals surface area contributed by atoms with Crippen molar-refractivity contribution in [3.63, 3.8) is 0 Å². The number of carboxylic acids is 1. The Morgan fingerprint density at radius 1 is 1.43 bits per heavy atom. The molecule has 0 aliphatic heterocycles. The Labute approximate surface area is 87.3 Å². The van der Waals surface area contributed by atoms with Crippen LogP contribution >= 0.6 is 0 Å². The first kappa shape index (κ1) is 11.7. The summed E-state index contributed by atoms with van der Waals surface area (Å²) in [5.41, 5.74) is 0. The quantitative estimate of drug-likeness (QED) is 0.784. The van der Waals surface area contributed by atoms with Gasteiger partial charge in [0.1, 0.15) is 5.25 Å². The molecule has 1 aliphatic carbocycles. The van der Waals surface area contributed by atoms with Crippen molar-refractivity contribution in [2.24, 2.45) is 0 Å². The molecule has 82 valence electrons. The molecule has 0 radical (unpaired) electrons. The summed E-state index contributed by atoms with van der Waals surface area (Å²) in [7, 11) is -1.17. The summed E-state index contributed by atoms with van der Waals surface area (Å²) in [5, 5.41) is 8.36. The van der Waals surface area contributed by atoms with Gasteiger partial charge in [-0.25, -0.2) is 0 Å². The molecule has 0 amide bonds. The predicted molar refractivity (Wildman–Crippen MR) is 56.7 cm³/mol. The van der Waals surface area contributed by atoms with E-state index in [1.165, 1.54) is 6.42 Å². The third-order valence-corrected chi connectivity index (χ3v) is 5.03. The Balaban J connectivity index is 2.56.